The Kier molecular flexibility index (Phi) is 6.04. The van der Waals surface area contributed by atoms with Crippen LogP contribution in [0.25, 0.3) is 0 Å². The van der Waals surface area contributed by atoms with Crippen LogP contribution in [0.4, 0.5) is 4.79 Å². The molecule has 0 saturated heterocycles. The fraction of sp³-hybridized carbons (Fsp3) is 0.421. The molecule has 5 nitrogen and oxygen atoms in total. The third kappa shape index (κ3) is 4.61. The second kappa shape index (κ2) is 8.02. The molecule has 0 spiro atoms. The Morgan fingerprint density at radius 1 is 1.17 bits per heavy atom. The van der Waals surface area contributed by atoms with E-state index >= 15 is 0 Å². The lowest BCUT2D eigenvalue weighted by molar-refractivity contribution is 0.129. The SMILES string of the molecule is Cc1cccc(C(C)NC(=O)NC(C)CC(O)c2ccco2)c1C. The van der Waals surface area contributed by atoms with Crippen molar-refractivity contribution in [3.63, 3.8) is 0 Å². The maximum Gasteiger partial charge on any atom is 0.315 e. The molecular formula is C19H26N2O3. The highest BCUT2D eigenvalue weighted by Crippen LogP contribution is 2.20. The van der Waals surface area contributed by atoms with Gasteiger partial charge < -0.3 is 20.2 Å². The van der Waals surface area contributed by atoms with E-state index in [2.05, 4.69) is 30.5 Å². The van der Waals surface area contributed by atoms with E-state index in [4.69, 9.17) is 4.42 Å². The summed E-state index contributed by atoms with van der Waals surface area (Å²) in [7, 11) is 0. The fourth-order valence-electron chi connectivity index (χ4n) is 2.77. The number of aryl methyl sites for hydroxylation is 1. The van der Waals surface area contributed by atoms with Crippen molar-refractivity contribution >= 4 is 6.03 Å². The van der Waals surface area contributed by atoms with Crippen molar-refractivity contribution in [2.75, 3.05) is 0 Å². The van der Waals surface area contributed by atoms with Gasteiger partial charge in [0.25, 0.3) is 0 Å². The van der Waals surface area contributed by atoms with Crippen LogP contribution in [-0.2, 0) is 0 Å². The van der Waals surface area contributed by atoms with Crippen LogP contribution in [-0.4, -0.2) is 17.2 Å². The Labute approximate surface area is 143 Å². The second-order valence-corrected chi connectivity index (χ2v) is 6.30. The minimum absolute atomic E-state index is 0.0907. The number of amides is 2. The summed E-state index contributed by atoms with van der Waals surface area (Å²) in [5.74, 6) is 0.507. The largest absolute Gasteiger partial charge is 0.467 e. The van der Waals surface area contributed by atoms with Gasteiger partial charge in [-0.25, -0.2) is 4.79 Å². The van der Waals surface area contributed by atoms with Crippen LogP contribution in [0.15, 0.2) is 41.0 Å². The molecule has 130 valence electrons. The smallest absolute Gasteiger partial charge is 0.315 e. The average molecular weight is 330 g/mol. The summed E-state index contributed by atoms with van der Waals surface area (Å²) in [6.45, 7) is 7.94. The van der Waals surface area contributed by atoms with Crippen molar-refractivity contribution in [1.29, 1.82) is 0 Å². The Morgan fingerprint density at radius 2 is 1.92 bits per heavy atom. The minimum Gasteiger partial charge on any atom is -0.467 e. The van der Waals surface area contributed by atoms with Crippen LogP contribution in [0.1, 0.15) is 54.9 Å². The average Bonchev–Trinajstić information content (AvgIpc) is 3.03. The highest BCUT2D eigenvalue weighted by molar-refractivity contribution is 5.74. The molecule has 0 bridgehead atoms. The van der Waals surface area contributed by atoms with E-state index in [0.717, 1.165) is 5.56 Å². The van der Waals surface area contributed by atoms with E-state index < -0.39 is 6.10 Å². The number of hydrogen-bond donors (Lipinski definition) is 3. The Balaban J connectivity index is 1.87. The molecule has 24 heavy (non-hydrogen) atoms. The normalized spacial score (nSPS) is 14.7. The van der Waals surface area contributed by atoms with Gasteiger partial charge in [0, 0.05) is 12.5 Å². The lowest BCUT2D eigenvalue weighted by atomic mass is 9.98. The number of urea groups is 1. The standard InChI is InChI=1S/C19H26N2O3/c1-12-7-5-8-16(14(12)3)15(4)21-19(23)20-13(2)11-17(22)18-9-6-10-24-18/h5-10,13,15,17,22H,11H2,1-4H3,(H2,20,21,23). The second-order valence-electron chi connectivity index (χ2n) is 6.30. The van der Waals surface area contributed by atoms with Crippen molar-refractivity contribution in [2.45, 2.75) is 52.3 Å². The molecule has 0 aliphatic heterocycles. The van der Waals surface area contributed by atoms with Crippen LogP contribution in [0.5, 0.6) is 0 Å². The minimum atomic E-state index is -0.730. The van der Waals surface area contributed by atoms with Gasteiger partial charge in [-0.15, -0.1) is 0 Å². The Bertz CT molecular complexity index is 667. The topological polar surface area (TPSA) is 74.5 Å². The summed E-state index contributed by atoms with van der Waals surface area (Å²) in [5.41, 5.74) is 3.50. The van der Waals surface area contributed by atoms with Crippen LogP contribution in [0.3, 0.4) is 0 Å². The van der Waals surface area contributed by atoms with E-state index in [1.54, 1.807) is 12.1 Å². The molecule has 1 aromatic carbocycles. The number of hydrogen-bond acceptors (Lipinski definition) is 3. The molecule has 1 heterocycles. The molecule has 2 amide bonds. The summed E-state index contributed by atoms with van der Waals surface area (Å²) < 4.78 is 5.17. The van der Waals surface area contributed by atoms with E-state index in [0.29, 0.717) is 12.2 Å². The van der Waals surface area contributed by atoms with Crippen molar-refractivity contribution < 1.29 is 14.3 Å². The molecule has 1 aromatic heterocycles. The van der Waals surface area contributed by atoms with Gasteiger partial charge in [0.05, 0.1) is 12.3 Å². The zero-order valence-electron chi connectivity index (χ0n) is 14.7. The zero-order valence-corrected chi connectivity index (χ0v) is 14.7. The van der Waals surface area contributed by atoms with Crippen molar-refractivity contribution in [3.05, 3.63) is 59.0 Å². The van der Waals surface area contributed by atoms with E-state index in [-0.39, 0.29) is 18.1 Å². The lowest BCUT2D eigenvalue weighted by Crippen LogP contribution is -2.42. The highest BCUT2D eigenvalue weighted by atomic mass is 16.4. The third-order valence-corrected chi connectivity index (χ3v) is 4.29. The number of nitrogens with one attached hydrogen (secondary N) is 2. The third-order valence-electron chi connectivity index (χ3n) is 4.29. The van der Waals surface area contributed by atoms with Gasteiger partial charge in [-0.3, -0.25) is 0 Å². The van der Waals surface area contributed by atoms with Gasteiger partial charge in [0.15, 0.2) is 0 Å². The predicted molar refractivity (Wildman–Crippen MR) is 93.7 cm³/mol. The molecule has 0 radical (unpaired) electrons. The van der Waals surface area contributed by atoms with Gasteiger partial charge in [-0.2, -0.15) is 0 Å². The number of carbonyl (C=O) groups is 1. The van der Waals surface area contributed by atoms with Crippen LogP contribution < -0.4 is 10.6 Å². The molecule has 3 unspecified atom stereocenters. The van der Waals surface area contributed by atoms with Gasteiger partial charge in [0.2, 0.25) is 0 Å². The number of furan rings is 1. The van der Waals surface area contributed by atoms with Gasteiger partial charge in [-0.05, 0) is 56.5 Å². The van der Waals surface area contributed by atoms with Crippen LogP contribution in [0, 0.1) is 13.8 Å². The van der Waals surface area contributed by atoms with Crippen molar-refractivity contribution in [1.82, 2.24) is 10.6 Å². The summed E-state index contributed by atoms with van der Waals surface area (Å²) in [6, 6.07) is 9.01. The predicted octanol–water partition coefficient (Wildman–Crippen LogP) is 3.77. The number of aliphatic hydroxyl groups excluding tert-OH is 1. The van der Waals surface area contributed by atoms with E-state index in [1.165, 1.54) is 17.4 Å². The summed E-state index contributed by atoms with van der Waals surface area (Å²) in [4.78, 5) is 12.2. The first kappa shape index (κ1) is 18.1. The molecule has 3 N–H and O–H groups in total. The van der Waals surface area contributed by atoms with Crippen molar-refractivity contribution in [2.24, 2.45) is 0 Å². The monoisotopic (exact) mass is 330 g/mol. The molecule has 0 fully saturated rings. The lowest BCUT2D eigenvalue weighted by Gasteiger charge is -2.21. The Morgan fingerprint density at radius 3 is 2.58 bits per heavy atom. The van der Waals surface area contributed by atoms with Gasteiger partial charge in [-0.1, -0.05) is 18.2 Å². The van der Waals surface area contributed by atoms with Crippen LogP contribution >= 0.6 is 0 Å². The molecule has 2 rings (SSSR count). The summed E-state index contributed by atoms with van der Waals surface area (Å²) in [5, 5.41) is 15.9. The summed E-state index contributed by atoms with van der Waals surface area (Å²) >= 11 is 0. The first-order valence-corrected chi connectivity index (χ1v) is 8.23. The molecule has 3 atom stereocenters. The Hall–Kier alpha value is -2.27. The number of carbonyl (C=O) groups excluding carboxylic acids is 1. The van der Waals surface area contributed by atoms with E-state index in [1.807, 2.05) is 26.0 Å². The molecule has 0 aliphatic carbocycles. The first-order chi connectivity index (χ1) is 11.4. The number of rotatable bonds is 6. The van der Waals surface area contributed by atoms with Gasteiger partial charge >= 0.3 is 6.03 Å². The maximum absolute atomic E-state index is 12.2. The quantitative estimate of drug-likeness (QED) is 0.755. The number of aliphatic hydroxyl groups is 1. The maximum atomic E-state index is 12.2. The molecular weight excluding hydrogens is 304 g/mol. The van der Waals surface area contributed by atoms with E-state index in [9.17, 15) is 9.90 Å². The first-order valence-electron chi connectivity index (χ1n) is 8.23. The van der Waals surface area contributed by atoms with Gasteiger partial charge in [0.1, 0.15) is 11.9 Å². The molecule has 2 aromatic rings. The highest BCUT2D eigenvalue weighted by Gasteiger charge is 2.18. The summed E-state index contributed by atoms with van der Waals surface area (Å²) in [6.07, 6.45) is 1.18. The molecule has 0 saturated carbocycles. The number of benzene rings is 1. The van der Waals surface area contributed by atoms with Crippen molar-refractivity contribution in [3.8, 4) is 0 Å². The molecule has 5 heteroatoms. The fourth-order valence-corrected chi connectivity index (χ4v) is 2.77. The molecule has 0 aliphatic rings. The zero-order chi connectivity index (χ0) is 17.7. The van der Waals surface area contributed by atoms with Crippen LogP contribution in [0.2, 0.25) is 0 Å².